The molecular weight excluding hydrogens is 246 g/mol. The summed E-state index contributed by atoms with van der Waals surface area (Å²) in [6, 6.07) is 1.69. The van der Waals surface area contributed by atoms with Gasteiger partial charge in [0, 0.05) is 18.6 Å². The summed E-state index contributed by atoms with van der Waals surface area (Å²) >= 11 is 0. The summed E-state index contributed by atoms with van der Waals surface area (Å²) in [6.07, 6.45) is 9.93. The predicted octanol–water partition coefficient (Wildman–Crippen LogP) is 2.32. The molecule has 1 N–H and O–H groups in total. The Morgan fingerprint density at radius 3 is 2.70 bits per heavy atom. The highest BCUT2D eigenvalue weighted by atomic mass is 15.2. The van der Waals surface area contributed by atoms with Crippen LogP contribution in [0.5, 0.6) is 0 Å². The van der Waals surface area contributed by atoms with Crippen LogP contribution >= 0.6 is 0 Å². The molecule has 3 heteroatoms. The molecule has 20 heavy (non-hydrogen) atoms. The lowest BCUT2D eigenvalue weighted by Gasteiger charge is -2.36. The molecule has 0 spiro atoms. The summed E-state index contributed by atoms with van der Waals surface area (Å²) in [7, 11) is 0. The van der Waals surface area contributed by atoms with Gasteiger partial charge in [0.05, 0.1) is 0 Å². The molecule has 0 aromatic carbocycles. The minimum Gasteiger partial charge on any atom is -0.314 e. The van der Waals surface area contributed by atoms with E-state index in [0.717, 1.165) is 18.0 Å². The third-order valence-electron chi connectivity index (χ3n) is 5.59. The van der Waals surface area contributed by atoms with Crippen LogP contribution in [-0.2, 0) is 0 Å². The van der Waals surface area contributed by atoms with E-state index in [1.165, 1.54) is 84.2 Å². The second kappa shape index (κ2) is 7.24. The van der Waals surface area contributed by atoms with Crippen LogP contribution in [0.25, 0.3) is 0 Å². The van der Waals surface area contributed by atoms with Crippen LogP contribution in [-0.4, -0.2) is 61.2 Å². The molecule has 0 bridgehead atoms. The highest BCUT2D eigenvalue weighted by molar-refractivity contribution is 4.89. The van der Waals surface area contributed by atoms with Crippen molar-refractivity contribution in [1.82, 2.24) is 15.1 Å². The van der Waals surface area contributed by atoms with Crippen molar-refractivity contribution in [3.63, 3.8) is 0 Å². The van der Waals surface area contributed by atoms with E-state index in [9.17, 15) is 0 Å². The molecule has 3 fully saturated rings. The lowest BCUT2D eigenvalue weighted by molar-refractivity contribution is 0.158. The third kappa shape index (κ3) is 3.96. The topological polar surface area (TPSA) is 18.5 Å². The number of fused-ring (bicyclic) bond motifs is 1. The van der Waals surface area contributed by atoms with Gasteiger partial charge >= 0.3 is 0 Å². The van der Waals surface area contributed by atoms with Gasteiger partial charge in [0.15, 0.2) is 0 Å². The fraction of sp³-hybridized carbons (Fsp3) is 1.00. The lowest BCUT2D eigenvalue weighted by Crippen LogP contribution is -2.47. The van der Waals surface area contributed by atoms with Crippen molar-refractivity contribution < 1.29 is 0 Å². The van der Waals surface area contributed by atoms with E-state index in [4.69, 9.17) is 0 Å². The summed E-state index contributed by atoms with van der Waals surface area (Å²) < 4.78 is 0. The summed E-state index contributed by atoms with van der Waals surface area (Å²) in [5.41, 5.74) is 0. The number of rotatable bonds is 5. The van der Waals surface area contributed by atoms with E-state index in [-0.39, 0.29) is 0 Å². The molecule has 0 aromatic heterocycles. The van der Waals surface area contributed by atoms with E-state index in [2.05, 4.69) is 22.0 Å². The molecule has 3 rings (SSSR count). The average Bonchev–Trinajstić information content (AvgIpc) is 2.93. The van der Waals surface area contributed by atoms with Crippen LogP contribution < -0.4 is 5.32 Å². The Hall–Kier alpha value is -0.120. The van der Waals surface area contributed by atoms with Crippen molar-refractivity contribution in [3.05, 3.63) is 0 Å². The first-order chi connectivity index (χ1) is 9.81. The Labute approximate surface area is 125 Å². The molecule has 3 nitrogen and oxygen atoms in total. The monoisotopic (exact) mass is 279 g/mol. The maximum Gasteiger partial charge on any atom is 0.0111 e. The molecule has 3 saturated heterocycles. The van der Waals surface area contributed by atoms with Crippen LogP contribution in [0.2, 0.25) is 0 Å². The van der Waals surface area contributed by atoms with Gasteiger partial charge in [-0.1, -0.05) is 13.3 Å². The van der Waals surface area contributed by atoms with E-state index in [1.807, 2.05) is 0 Å². The van der Waals surface area contributed by atoms with E-state index in [0.29, 0.717) is 0 Å². The predicted molar refractivity (Wildman–Crippen MR) is 85.1 cm³/mol. The summed E-state index contributed by atoms with van der Waals surface area (Å²) in [5, 5.41) is 3.87. The zero-order chi connectivity index (χ0) is 13.8. The second-order valence-corrected chi connectivity index (χ2v) is 7.43. The van der Waals surface area contributed by atoms with Crippen LogP contribution in [0.15, 0.2) is 0 Å². The lowest BCUT2D eigenvalue weighted by atomic mass is 9.97. The molecule has 0 amide bonds. The Morgan fingerprint density at radius 1 is 1.00 bits per heavy atom. The Bertz CT molecular complexity index is 288. The van der Waals surface area contributed by atoms with Crippen molar-refractivity contribution in [2.75, 3.05) is 39.3 Å². The summed E-state index contributed by atoms with van der Waals surface area (Å²) in [5.74, 6) is 0.801. The Morgan fingerprint density at radius 2 is 1.85 bits per heavy atom. The minimum atomic E-state index is 0.790. The van der Waals surface area contributed by atoms with Crippen LogP contribution in [0.4, 0.5) is 0 Å². The molecule has 3 heterocycles. The number of hydrogen-bond donors (Lipinski definition) is 1. The van der Waals surface area contributed by atoms with E-state index >= 15 is 0 Å². The van der Waals surface area contributed by atoms with Gasteiger partial charge in [0.25, 0.3) is 0 Å². The molecule has 3 aliphatic heterocycles. The van der Waals surface area contributed by atoms with Crippen molar-refractivity contribution in [1.29, 1.82) is 0 Å². The standard InChI is InChI=1S/C17H33N3/c1-15(14-19-8-3-2-4-9-19)13-18-16-7-11-20-10-5-6-17(20)12-16/h15-18H,2-14H2,1H3. The Balaban J connectivity index is 1.34. The first-order valence-electron chi connectivity index (χ1n) is 9.01. The van der Waals surface area contributed by atoms with Crippen molar-refractivity contribution in [2.24, 2.45) is 5.92 Å². The van der Waals surface area contributed by atoms with Crippen molar-refractivity contribution >= 4 is 0 Å². The molecule has 0 radical (unpaired) electrons. The van der Waals surface area contributed by atoms with Gasteiger partial charge in [-0.05, 0) is 77.2 Å². The number of nitrogens with zero attached hydrogens (tertiary/aromatic N) is 2. The van der Waals surface area contributed by atoms with Gasteiger partial charge in [0.2, 0.25) is 0 Å². The number of hydrogen-bond acceptors (Lipinski definition) is 3. The highest BCUT2D eigenvalue weighted by Gasteiger charge is 2.31. The first kappa shape index (κ1) is 14.8. The van der Waals surface area contributed by atoms with Crippen molar-refractivity contribution in [2.45, 2.75) is 64.0 Å². The SMILES string of the molecule is CC(CNC1CCN2CCCC2C1)CN1CCCCC1. The van der Waals surface area contributed by atoms with Gasteiger partial charge < -0.3 is 15.1 Å². The molecule has 3 unspecified atom stereocenters. The van der Waals surface area contributed by atoms with Crippen LogP contribution in [0.3, 0.4) is 0 Å². The molecule has 0 aromatic rings. The number of nitrogens with one attached hydrogen (secondary N) is 1. The average molecular weight is 279 g/mol. The summed E-state index contributed by atoms with van der Waals surface area (Å²) in [4.78, 5) is 5.39. The van der Waals surface area contributed by atoms with Gasteiger partial charge in [-0.15, -0.1) is 0 Å². The Kier molecular flexibility index (Phi) is 5.36. The van der Waals surface area contributed by atoms with Gasteiger partial charge in [-0.25, -0.2) is 0 Å². The highest BCUT2D eigenvalue weighted by Crippen LogP contribution is 2.26. The summed E-state index contributed by atoms with van der Waals surface area (Å²) in [6.45, 7) is 10.3. The maximum atomic E-state index is 3.87. The largest absolute Gasteiger partial charge is 0.314 e. The fourth-order valence-electron chi connectivity index (χ4n) is 4.42. The van der Waals surface area contributed by atoms with Gasteiger partial charge in [0.1, 0.15) is 0 Å². The zero-order valence-electron chi connectivity index (χ0n) is 13.3. The maximum absolute atomic E-state index is 3.87. The molecule has 0 saturated carbocycles. The van der Waals surface area contributed by atoms with Crippen LogP contribution in [0.1, 0.15) is 51.9 Å². The smallest absolute Gasteiger partial charge is 0.0111 e. The quantitative estimate of drug-likeness (QED) is 0.833. The zero-order valence-corrected chi connectivity index (χ0v) is 13.3. The number of piperidine rings is 2. The molecule has 3 atom stereocenters. The van der Waals surface area contributed by atoms with E-state index in [1.54, 1.807) is 0 Å². The second-order valence-electron chi connectivity index (χ2n) is 7.43. The normalized spacial score (nSPS) is 34.0. The molecule has 116 valence electrons. The minimum absolute atomic E-state index is 0.790. The van der Waals surface area contributed by atoms with Gasteiger partial charge in [-0.3, -0.25) is 0 Å². The fourth-order valence-corrected chi connectivity index (χ4v) is 4.42. The van der Waals surface area contributed by atoms with Crippen LogP contribution in [0, 0.1) is 5.92 Å². The molecular formula is C17H33N3. The van der Waals surface area contributed by atoms with E-state index < -0.39 is 0 Å². The molecule has 0 aliphatic carbocycles. The molecule has 3 aliphatic rings. The first-order valence-corrected chi connectivity index (χ1v) is 9.01. The van der Waals surface area contributed by atoms with Crippen molar-refractivity contribution in [3.8, 4) is 0 Å². The number of likely N-dealkylation sites (tertiary alicyclic amines) is 1. The van der Waals surface area contributed by atoms with Gasteiger partial charge in [-0.2, -0.15) is 0 Å². The third-order valence-corrected chi connectivity index (χ3v) is 5.59.